The third kappa shape index (κ3) is 3.11. The number of aromatic nitrogens is 2. The number of hydrogen-bond acceptors (Lipinski definition) is 3. The van der Waals surface area contributed by atoms with E-state index in [1.54, 1.807) is 0 Å². The number of nitrogens with zero attached hydrogens (tertiary/aromatic N) is 2. The number of hydrogen-bond donors (Lipinski definition) is 2. The lowest BCUT2D eigenvalue weighted by Crippen LogP contribution is -2.06. The van der Waals surface area contributed by atoms with Crippen LogP contribution in [0.4, 0.5) is 8.78 Å². The van der Waals surface area contributed by atoms with Gasteiger partial charge in [0.1, 0.15) is 11.4 Å². The summed E-state index contributed by atoms with van der Waals surface area (Å²) in [6.45, 7) is -0.591. The van der Waals surface area contributed by atoms with Gasteiger partial charge in [-0.1, -0.05) is 9.80 Å². The fourth-order valence-corrected chi connectivity index (χ4v) is 1.40. The van der Waals surface area contributed by atoms with Gasteiger partial charge in [-0.15, -0.1) is 0 Å². The van der Waals surface area contributed by atoms with E-state index in [0.29, 0.717) is 0 Å². The minimum Gasteiger partial charge on any atom is -0.281 e. The Kier molecular flexibility index (Phi) is 3.12. The molecule has 0 spiro atoms. The molecule has 1 aromatic rings. The highest BCUT2D eigenvalue weighted by Gasteiger charge is 2.15. The molecule has 1 heterocycles. The molecule has 4 nitrogen and oxygen atoms in total. The number of halogens is 3. The maximum atomic E-state index is 11.8. The molecule has 1 aromatic heterocycles. The summed E-state index contributed by atoms with van der Waals surface area (Å²) in [5, 5.41) is 3.48. The Morgan fingerprint density at radius 1 is 1.62 bits per heavy atom. The molecule has 0 unspecified atom stereocenters. The van der Waals surface area contributed by atoms with Gasteiger partial charge in [-0.2, -0.15) is 5.10 Å². The molecule has 1 rings (SSSR count). The summed E-state index contributed by atoms with van der Waals surface area (Å²) in [6, 6.07) is 0. The van der Waals surface area contributed by atoms with Crippen molar-refractivity contribution in [2.24, 2.45) is 0 Å². The molecule has 0 aromatic carbocycles. The van der Waals surface area contributed by atoms with Crippen LogP contribution in [0, 0.1) is 0 Å². The average molecular weight is 233 g/mol. The van der Waals surface area contributed by atoms with Crippen molar-refractivity contribution in [1.82, 2.24) is 9.78 Å². The second-order valence-electron chi connectivity index (χ2n) is 2.27. The van der Waals surface area contributed by atoms with Gasteiger partial charge in [0.2, 0.25) is 0 Å². The molecule has 0 bridgehead atoms. The van der Waals surface area contributed by atoms with Crippen LogP contribution in [-0.2, 0) is 6.54 Å². The highest BCUT2D eigenvalue weighted by molar-refractivity contribution is 8.43. The molecule has 0 atom stereocenters. The summed E-state index contributed by atoms with van der Waals surface area (Å²) in [5.41, 5.74) is 0. The zero-order valence-electron chi connectivity index (χ0n) is 6.27. The quantitative estimate of drug-likeness (QED) is 0.842. The van der Waals surface area contributed by atoms with Gasteiger partial charge in [-0.25, -0.2) is 8.78 Å². The molecule has 0 aliphatic carbocycles. The van der Waals surface area contributed by atoms with E-state index in [0.717, 1.165) is 17.1 Å². The normalized spacial score (nSPS) is 13.7. The van der Waals surface area contributed by atoms with Crippen LogP contribution >= 0.6 is 20.5 Å². The Labute approximate surface area is 79.0 Å². The minimum absolute atomic E-state index is 0.0604. The smallest absolute Gasteiger partial charge is 0.257 e. The Morgan fingerprint density at radius 2 is 2.23 bits per heavy atom. The van der Waals surface area contributed by atoms with E-state index >= 15 is 0 Å². The molecule has 8 heteroatoms. The third-order valence-electron chi connectivity index (χ3n) is 1.23. The first-order valence-corrected chi connectivity index (χ1v) is 5.55. The van der Waals surface area contributed by atoms with Crippen LogP contribution in [0.25, 0.3) is 0 Å². The zero-order valence-corrected chi connectivity index (χ0v) is 7.84. The van der Waals surface area contributed by atoms with Gasteiger partial charge in [-0.3, -0.25) is 13.8 Å². The third-order valence-corrected chi connectivity index (χ3v) is 2.58. The lowest BCUT2D eigenvalue weighted by atomic mass is 10.7. The van der Waals surface area contributed by atoms with Crippen molar-refractivity contribution in [2.75, 3.05) is 0 Å². The van der Waals surface area contributed by atoms with Crippen LogP contribution in [-0.4, -0.2) is 25.3 Å². The van der Waals surface area contributed by atoms with Crippen LogP contribution in [0.15, 0.2) is 17.3 Å². The molecule has 0 aliphatic heterocycles. The standard InChI is InChI=1S/C5H7ClF2N2O2S/c6-13(11,12)4-1-9-10(2-4)3-5(7)8/h1-2,5,11-12H,3H2. The van der Waals surface area contributed by atoms with E-state index in [1.807, 2.05) is 0 Å². The molecule has 0 amide bonds. The molecule has 0 saturated carbocycles. The van der Waals surface area contributed by atoms with Crippen LogP contribution in [0.3, 0.4) is 0 Å². The van der Waals surface area contributed by atoms with Gasteiger partial charge in [-0.05, 0) is 0 Å². The van der Waals surface area contributed by atoms with Crippen molar-refractivity contribution < 1.29 is 17.9 Å². The fourth-order valence-electron chi connectivity index (χ4n) is 0.720. The van der Waals surface area contributed by atoms with E-state index in [9.17, 15) is 8.78 Å². The number of alkyl halides is 2. The largest absolute Gasteiger partial charge is 0.281 e. The van der Waals surface area contributed by atoms with Crippen molar-refractivity contribution >= 4 is 20.5 Å². The van der Waals surface area contributed by atoms with Crippen molar-refractivity contribution in [3.63, 3.8) is 0 Å². The van der Waals surface area contributed by atoms with Crippen molar-refractivity contribution in [2.45, 2.75) is 17.9 Å². The molecule has 0 aliphatic rings. The monoisotopic (exact) mass is 232 g/mol. The predicted molar refractivity (Wildman–Crippen MR) is 45.2 cm³/mol. The predicted octanol–water partition coefficient (Wildman–Crippen LogP) is 2.41. The summed E-state index contributed by atoms with van der Waals surface area (Å²) < 4.78 is 42.3. The van der Waals surface area contributed by atoms with Gasteiger partial charge in [0, 0.05) is 16.9 Å². The van der Waals surface area contributed by atoms with Crippen molar-refractivity contribution in [3.05, 3.63) is 12.4 Å². The van der Waals surface area contributed by atoms with Crippen LogP contribution in [0.2, 0.25) is 0 Å². The fraction of sp³-hybridized carbons (Fsp3) is 0.400. The summed E-state index contributed by atoms with van der Waals surface area (Å²) in [6.07, 6.45) is -0.413. The van der Waals surface area contributed by atoms with Gasteiger partial charge in [0.15, 0.2) is 0 Å². The highest BCUT2D eigenvalue weighted by atomic mass is 35.7. The molecule has 0 radical (unpaired) electrons. The maximum Gasteiger partial charge on any atom is 0.257 e. The first-order valence-electron chi connectivity index (χ1n) is 3.18. The lowest BCUT2D eigenvalue weighted by molar-refractivity contribution is 0.121. The SMILES string of the molecule is OS(O)(Cl)c1cnn(CC(F)F)c1. The molecular weight excluding hydrogens is 226 g/mol. The van der Waals surface area contributed by atoms with E-state index in [2.05, 4.69) is 5.10 Å². The zero-order chi connectivity index (χ0) is 10.1. The summed E-state index contributed by atoms with van der Waals surface area (Å²) >= 11 is 0. The molecule has 0 saturated heterocycles. The second-order valence-corrected chi connectivity index (χ2v) is 4.99. The highest BCUT2D eigenvalue weighted by Crippen LogP contribution is 2.52. The van der Waals surface area contributed by atoms with E-state index < -0.39 is 22.8 Å². The Bertz CT molecular complexity index is 288. The van der Waals surface area contributed by atoms with Crippen LogP contribution < -0.4 is 0 Å². The first kappa shape index (κ1) is 10.7. The van der Waals surface area contributed by atoms with Crippen LogP contribution in [0.1, 0.15) is 0 Å². The van der Waals surface area contributed by atoms with Crippen molar-refractivity contribution in [1.29, 1.82) is 0 Å². The molecule has 0 fully saturated rings. The second kappa shape index (κ2) is 3.79. The van der Waals surface area contributed by atoms with Gasteiger partial charge < -0.3 is 0 Å². The van der Waals surface area contributed by atoms with Gasteiger partial charge in [0.05, 0.1) is 6.20 Å². The molecule has 2 N–H and O–H groups in total. The maximum absolute atomic E-state index is 11.8. The Hall–Kier alpha value is -0.370. The van der Waals surface area contributed by atoms with Crippen LogP contribution in [0.5, 0.6) is 0 Å². The lowest BCUT2D eigenvalue weighted by Gasteiger charge is -2.19. The van der Waals surface area contributed by atoms with Gasteiger partial charge >= 0.3 is 0 Å². The summed E-state index contributed by atoms with van der Waals surface area (Å²) in [7, 11) is 1.79. The van der Waals surface area contributed by atoms with Gasteiger partial charge in [0.25, 0.3) is 6.43 Å². The summed E-state index contributed by atoms with van der Waals surface area (Å²) in [4.78, 5) is -0.0604. The molecule has 76 valence electrons. The first-order chi connectivity index (χ1) is 5.89. The van der Waals surface area contributed by atoms with E-state index in [-0.39, 0.29) is 4.90 Å². The summed E-state index contributed by atoms with van der Waals surface area (Å²) in [5.74, 6) is 0. The van der Waals surface area contributed by atoms with E-state index in [1.165, 1.54) is 0 Å². The Balaban J connectivity index is 2.75. The Morgan fingerprint density at radius 3 is 2.62 bits per heavy atom. The number of rotatable bonds is 3. The molecular formula is C5H7ClF2N2O2S. The van der Waals surface area contributed by atoms with Crippen molar-refractivity contribution in [3.8, 4) is 0 Å². The average Bonchev–Trinajstić information content (AvgIpc) is 2.32. The minimum atomic E-state index is -3.37. The topological polar surface area (TPSA) is 58.3 Å². The molecule has 13 heavy (non-hydrogen) atoms. The van der Waals surface area contributed by atoms with E-state index in [4.69, 9.17) is 19.8 Å².